The number of hydrogen-bond donors (Lipinski definition) is 0. The van der Waals surface area contributed by atoms with Crippen molar-refractivity contribution in [3.8, 4) is 0 Å². The molecule has 1 nitrogen and oxygen atoms in total. The van der Waals surface area contributed by atoms with Crippen molar-refractivity contribution in [3.05, 3.63) is 24.4 Å². The summed E-state index contributed by atoms with van der Waals surface area (Å²) in [5.41, 5.74) is -0.789. The highest BCUT2D eigenvalue weighted by Gasteiger charge is 2.26. The van der Waals surface area contributed by atoms with Gasteiger partial charge in [0.15, 0.2) is 0 Å². The normalized spacial score (nSPS) is 11.5. The van der Waals surface area contributed by atoms with Gasteiger partial charge >= 0.3 is 6.98 Å². The van der Waals surface area contributed by atoms with Gasteiger partial charge in [0, 0.05) is 6.20 Å². The lowest BCUT2D eigenvalue weighted by Gasteiger charge is -2.11. The molecular weight excluding hydrogens is 142 g/mol. The fourth-order valence-electron chi connectivity index (χ4n) is 0.570. The lowest BCUT2D eigenvalue weighted by atomic mass is 9.86. The average molecular weight is 146 g/mol. The van der Waals surface area contributed by atoms with E-state index in [0.717, 1.165) is 12.3 Å². The molecule has 0 saturated carbocycles. The first-order valence-corrected chi connectivity index (χ1v) is 2.71. The third kappa shape index (κ3) is 1.49. The molecule has 0 aliphatic heterocycles. The van der Waals surface area contributed by atoms with E-state index in [4.69, 9.17) is 0 Å². The van der Waals surface area contributed by atoms with E-state index in [1.165, 1.54) is 12.1 Å². The van der Waals surface area contributed by atoms with Gasteiger partial charge in [-0.1, -0.05) is 12.1 Å². The Kier molecular flexibility index (Phi) is 1.65. The fraction of sp³-hybridized carbons (Fsp3) is 0. The van der Waals surface area contributed by atoms with E-state index < -0.39 is 12.6 Å². The summed E-state index contributed by atoms with van der Waals surface area (Å²) < 4.78 is 35.4. The quantitative estimate of drug-likeness (QED) is 0.541. The lowest BCUT2D eigenvalue weighted by Crippen LogP contribution is -2.36. The first-order chi connectivity index (χ1) is 4.61. The summed E-state index contributed by atoms with van der Waals surface area (Å²) >= 11 is 0. The molecule has 0 aliphatic carbocycles. The van der Waals surface area contributed by atoms with Gasteiger partial charge in [0.25, 0.3) is 0 Å². The molecule has 0 aromatic carbocycles. The molecule has 0 unspecified atom stereocenters. The van der Waals surface area contributed by atoms with E-state index in [-0.39, 0.29) is 0 Å². The predicted molar refractivity (Wildman–Crippen MR) is 32.9 cm³/mol. The summed E-state index contributed by atoms with van der Waals surface area (Å²) in [5, 5.41) is 0. The Hall–Kier alpha value is -0.995. The Morgan fingerprint density at radius 3 is 2.20 bits per heavy atom. The first-order valence-electron chi connectivity index (χ1n) is 2.71. The zero-order valence-electron chi connectivity index (χ0n) is 4.97. The molecular formula is C5H4BF3N-. The summed E-state index contributed by atoms with van der Waals surface area (Å²) in [6.07, 6.45) is 1.13. The summed E-state index contributed by atoms with van der Waals surface area (Å²) in [7, 11) is 0. The van der Waals surface area contributed by atoms with Crippen LogP contribution in [0.5, 0.6) is 0 Å². The van der Waals surface area contributed by atoms with Gasteiger partial charge < -0.3 is 12.9 Å². The predicted octanol–water partition coefficient (Wildman–Crippen LogP) is 1.14. The molecule has 1 rings (SSSR count). The Morgan fingerprint density at radius 2 is 1.90 bits per heavy atom. The van der Waals surface area contributed by atoms with Crippen molar-refractivity contribution < 1.29 is 12.9 Å². The minimum Gasteiger partial charge on any atom is -0.444 e. The van der Waals surface area contributed by atoms with Crippen LogP contribution in [0.2, 0.25) is 0 Å². The van der Waals surface area contributed by atoms with Crippen LogP contribution >= 0.6 is 0 Å². The molecule has 0 fully saturated rings. The van der Waals surface area contributed by atoms with Gasteiger partial charge in [-0.3, -0.25) is 4.98 Å². The summed E-state index contributed by atoms with van der Waals surface area (Å²) in [5.74, 6) is 0. The number of rotatable bonds is 1. The number of nitrogens with zero attached hydrogens (tertiary/aromatic N) is 1. The standard InChI is InChI=1S/C5H4BF3N/c7-6(8,9)5-3-1-2-4-10-5/h1-4H/q-1. The van der Waals surface area contributed by atoms with Gasteiger partial charge in [-0.15, -0.1) is 0 Å². The molecule has 0 amide bonds. The number of halogens is 3. The Labute approximate surface area is 56.0 Å². The van der Waals surface area contributed by atoms with E-state index >= 15 is 0 Å². The first kappa shape index (κ1) is 7.12. The van der Waals surface area contributed by atoms with E-state index in [0.29, 0.717) is 0 Å². The van der Waals surface area contributed by atoms with Gasteiger partial charge in [0.1, 0.15) is 0 Å². The van der Waals surface area contributed by atoms with Crippen LogP contribution in [-0.2, 0) is 0 Å². The highest BCUT2D eigenvalue weighted by molar-refractivity contribution is 6.72. The molecule has 0 aliphatic rings. The second-order valence-electron chi connectivity index (χ2n) is 1.83. The number of aromatic nitrogens is 1. The maximum Gasteiger partial charge on any atom is 0.527 e. The molecule has 0 saturated heterocycles. The largest absolute Gasteiger partial charge is 0.527 e. The van der Waals surface area contributed by atoms with E-state index in [2.05, 4.69) is 4.98 Å². The van der Waals surface area contributed by atoms with E-state index in [1.807, 2.05) is 0 Å². The average Bonchev–Trinajstić information content (AvgIpc) is 1.88. The van der Waals surface area contributed by atoms with Crippen LogP contribution < -0.4 is 5.59 Å². The summed E-state index contributed by atoms with van der Waals surface area (Å²) in [6, 6.07) is 3.73. The molecule has 0 bridgehead atoms. The second kappa shape index (κ2) is 2.32. The molecule has 1 aromatic rings. The van der Waals surface area contributed by atoms with Gasteiger partial charge in [-0.2, -0.15) is 0 Å². The minimum absolute atomic E-state index is 0.789. The zero-order chi connectivity index (χ0) is 7.61. The highest BCUT2D eigenvalue weighted by Crippen LogP contribution is 2.05. The zero-order valence-corrected chi connectivity index (χ0v) is 4.97. The third-order valence-corrected chi connectivity index (χ3v) is 1.02. The van der Waals surface area contributed by atoms with E-state index in [9.17, 15) is 12.9 Å². The molecule has 0 N–H and O–H groups in total. The van der Waals surface area contributed by atoms with Crippen molar-refractivity contribution in [2.24, 2.45) is 0 Å². The molecule has 5 heteroatoms. The smallest absolute Gasteiger partial charge is 0.444 e. The summed E-state index contributed by atoms with van der Waals surface area (Å²) in [6.45, 7) is -4.92. The van der Waals surface area contributed by atoms with Gasteiger partial charge in [-0.05, 0) is 11.7 Å². The molecule has 1 heterocycles. The molecule has 54 valence electrons. The van der Waals surface area contributed by atoms with E-state index in [1.54, 1.807) is 0 Å². The van der Waals surface area contributed by atoms with Crippen molar-refractivity contribution in [1.82, 2.24) is 4.98 Å². The van der Waals surface area contributed by atoms with Crippen molar-refractivity contribution in [2.45, 2.75) is 0 Å². The molecule has 0 radical (unpaired) electrons. The number of hydrogen-bond acceptors (Lipinski definition) is 1. The topological polar surface area (TPSA) is 12.9 Å². The van der Waals surface area contributed by atoms with Gasteiger partial charge in [-0.25, -0.2) is 0 Å². The highest BCUT2D eigenvalue weighted by atomic mass is 19.4. The lowest BCUT2D eigenvalue weighted by molar-refractivity contribution is 0.498. The molecule has 1 aromatic heterocycles. The summed E-state index contributed by atoms with van der Waals surface area (Å²) in [4.78, 5) is 3.15. The van der Waals surface area contributed by atoms with Crippen LogP contribution in [0.1, 0.15) is 0 Å². The van der Waals surface area contributed by atoms with Gasteiger partial charge in [0.05, 0.1) is 0 Å². The molecule has 0 atom stereocenters. The minimum atomic E-state index is -4.92. The Balaban J connectivity index is 2.97. The van der Waals surface area contributed by atoms with Crippen LogP contribution in [0.3, 0.4) is 0 Å². The van der Waals surface area contributed by atoms with Crippen LogP contribution in [0.4, 0.5) is 12.9 Å². The number of pyridine rings is 1. The van der Waals surface area contributed by atoms with Crippen molar-refractivity contribution >= 4 is 12.6 Å². The maximum atomic E-state index is 11.8. The Morgan fingerprint density at radius 1 is 1.20 bits per heavy atom. The second-order valence-corrected chi connectivity index (χ2v) is 1.83. The maximum absolute atomic E-state index is 11.8. The monoisotopic (exact) mass is 146 g/mol. The van der Waals surface area contributed by atoms with Crippen LogP contribution in [0.15, 0.2) is 24.4 Å². The van der Waals surface area contributed by atoms with Crippen molar-refractivity contribution in [2.75, 3.05) is 0 Å². The van der Waals surface area contributed by atoms with Gasteiger partial charge in [0.2, 0.25) is 0 Å². The molecule has 10 heavy (non-hydrogen) atoms. The van der Waals surface area contributed by atoms with Crippen molar-refractivity contribution in [1.29, 1.82) is 0 Å². The Bertz CT molecular complexity index is 208. The fourth-order valence-corrected chi connectivity index (χ4v) is 0.570. The van der Waals surface area contributed by atoms with Crippen LogP contribution in [0, 0.1) is 0 Å². The van der Waals surface area contributed by atoms with Crippen LogP contribution in [0.25, 0.3) is 0 Å². The molecule has 0 spiro atoms. The van der Waals surface area contributed by atoms with Crippen LogP contribution in [-0.4, -0.2) is 12.0 Å². The third-order valence-electron chi connectivity index (χ3n) is 1.02. The SMILES string of the molecule is F[B-](F)(F)c1ccccn1. The van der Waals surface area contributed by atoms with Crippen molar-refractivity contribution in [3.63, 3.8) is 0 Å².